The molecule has 7 nitrogen and oxygen atoms in total. The van der Waals surface area contributed by atoms with E-state index < -0.39 is 0 Å². The second-order valence-corrected chi connectivity index (χ2v) is 4.58. The average Bonchev–Trinajstić information content (AvgIpc) is 2.83. The van der Waals surface area contributed by atoms with Crippen LogP contribution in [0.5, 0.6) is 0 Å². The number of aromatic nitrogens is 4. The monoisotopic (exact) mass is 278 g/mol. The Morgan fingerprint density at radius 2 is 2.11 bits per heavy atom. The Labute approximate surface area is 115 Å². The highest BCUT2D eigenvalue weighted by molar-refractivity contribution is 7.80. The lowest BCUT2D eigenvalue weighted by Gasteiger charge is -2.07. The second-order valence-electron chi connectivity index (χ2n) is 4.14. The number of amides is 1. The Bertz CT molecular complexity index is 656. The number of nitrogens with two attached hydrogens (primary N) is 1. The molecule has 1 amide bonds. The summed E-state index contributed by atoms with van der Waals surface area (Å²) in [6, 6.07) is 1.70. The molecule has 0 radical (unpaired) electrons. The van der Waals surface area contributed by atoms with E-state index in [1.807, 2.05) is 6.92 Å². The molecule has 8 heteroatoms. The molecule has 0 aliphatic carbocycles. The van der Waals surface area contributed by atoms with E-state index in [-0.39, 0.29) is 10.9 Å². The molecule has 0 saturated carbocycles. The Morgan fingerprint density at radius 3 is 2.63 bits per heavy atom. The normalized spacial score (nSPS) is 10.5. The largest absolute Gasteiger partial charge is 0.389 e. The number of carbonyl (C=O) groups excluding carboxylic acids is 1. The van der Waals surface area contributed by atoms with Crippen molar-refractivity contribution in [3.8, 4) is 0 Å². The quantitative estimate of drug-likeness (QED) is 0.791. The van der Waals surface area contributed by atoms with Crippen LogP contribution in [-0.2, 0) is 14.1 Å². The zero-order valence-corrected chi connectivity index (χ0v) is 11.7. The van der Waals surface area contributed by atoms with E-state index in [9.17, 15) is 4.79 Å². The third-order valence-electron chi connectivity index (χ3n) is 2.67. The van der Waals surface area contributed by atoms with Crippen LogP contribution in [0.3, 0.4) is 0 Å². The molecule has 0 atom stereocenters. The first kappa shape index (κ1) is 13.2. The molecule has 0 fully saturated rings. The zero-order chi connectivity index (χ0) is 14.2. The number of nitrogens with zero attached hydrogens (tertiary/aromatic N) is 4. The van der Waals surface area contributed by atoms with Crippen LogP contribution in [0, 0.1) is 6.92 Å². The molecule has 0 aliphatic heterocycles. The average molecular weight is 278 g/mol. The highest BCUT2D eigenvalue weighted by atomic mass is 32.1. The van der Waals surface area contributed by atoms with Crippen LogP contribution in [0.25, 0.3) is 0 Å². The van der Waals surface area contributed by atoms with Crippen molar-refractivity contribution in [3.63, 3.8) is 0 Å². The number of carbonyl (C=O) groups is 1. The van der Waals surface area contributed by atoms with Gasteiger partial charge in [0.2, 0.25) is 0 Å². The highest BCUT2D eigenvalue weighted by Crippen LogP contribution is 2.15. The van der Waals surface area contributed by atoms with Gasteiger partial charge in [0.15, 0.2) is 0 Å². The summed E-state index contributed by atoms with van der Waals surface area (Å²) in [6.07, 6.45) is 1.52. The van der Waals surface area contributed by atoms with Crippen molar-refractivity contribution >= 4 is 28.9 Å². The fourth-order valence-electron chi connectivity index (χ4n) is 1.76. The molecule has 0 aliphatic rings. The molecule has 2 aromatic rings. The topological polar surface area (TPSA) is 90.8 Å². The van der Waals surface area contributed by atoms with Crippen molar-refractivity contribution < 1.29 is 4.79 Å². The molecule has 3 N–H and O–H groups in total. The van der Waals surface area contributed by atoms with E-state index in [1.54, 1.807) is 20.2 Å². The maximum Gasteiger partial charge on any atom is 0.275 e. The first-order valence-corrected chi connectivity index (χ1v) is 5.94. The Morgan fingerprint density at radius 1 is 1.42 bits per heavy atom. The van der Waals surface area contributed by atoms with Gasteiger partial charge in [-0.3, -0.25) is 14.2 Å². The Balaban J connectivity index is 2.31. The third-order valence-corrected chi connectivity index (χ3v) is 2.89. The van der Waals surface area contributed by atoms with Crippen molar-refractivity contribution in [3.05, 3.63) is 29.2 Å². The van der Waals surface area contributed by atoms with Gasteiger partial charge in [0.1, 0.15) is 16.5 Å². The summed E-state index contributed by atoms with van der Waals surface area (Å²) in [5.74, 6) is 0.181. The van der Waals surface area contributed by atoms with E-state index in [1.165, 1.54) is 15.6 Å². The SMILES string of the molecule is Cc1cc(C(=O)Nc2c(C(N)=S)cnn2C)n(C)n1. The van der Waals surface area contributed by atoms with Gasteiger partial charge in [0.05, 0.1) is 17.5 Å². The van der Waals surface area contributed by atoms with E-state index in [0.29, 0.717) is 17.1 Å². The van der Waals surface area contributed by atoms with Crippen LogP contribution < -0.4 is 11.1 Å². The Hall–Kier alpha value is -2.22. The number of thiocarbonyl (C=S) groups is 1. The standard InChI is InChI=1S/C11H14N6OS/c1-6-4-8(16(2)15-6)11(18)14-10-7(9(12)19)5-13-17(10)3/h4-5H,1-3H3,(H2,12,19)(H,14,18). The van der Waals surface area contributed by atoms with Crippen LogP contribution in [0.15, 0.2) is 12.3 Å². The lowest BCUT2D eigenvalue weighted by Crippen LogP contribution is -2.20. The summed E-state index contributed by atoms with van der Waals surface area (Å²) in [5.41, 5.74) is 7.34. The van der Waals surface area contributed by atoms with Crippen LogP contribution in [-0.4, -0.2) is 30.5 Å². The number of aryl methyl sites for hydroxylation is 3. The molecule has 0 unspecified atom stereocenters. The molecular weight excluding hydrogens is 264 g/mol. The minimum Gasteiger partial charge on any atom is -0.389 e. The van der Waals surface area contributed by atoms with Crippen molar-refractivity contribution in [2.75, 3.05) is 5.32 Å². The lowest BCUT2D eigenvalue weighted by atomic mass is 10.3. The number of hydrogen-bond acceptors (Lipinski definition) is 4. The van der Waals surface area contributed by atoms with Gasteiger partial charge in [-0.1, -0.05) is 12.2 Å². The number of hydrogen-bond donors (Lipinski definition) is 2. The predicted octanol–water partition coefficient (Wildman–Crippen LogP) is 0.349. The molecule has 0 aromatic carbocycles. The van der Waals surface area contributed by atoms with Gasteiger partial charge in [-0.25, -0.2) is 0 Å². The minimum atomic E-state index is -0.288. The maximum absolute atomic E-state index is 12.2. The number of anilines is 1. The number of rotatable bonds is 3. The van der Waals surface area contributed by atoms with Crippen LogP contribution >= 0.6 is 12.2 Å². The van der Waals surface area contributed by atoms with Crippen LogP contribution in [0.1, 0.15) is 21.7 Å². The van der Waals surface area contributed by atoms with Crippen molar-refractivity contribution in [1.82, 2.24) is 19.6 Å². The second kappa shape index (κ2) is 4.81. The molecule has 0 spiro atoms. The summed E-state index contributed by atoms with van der Waals surface area (Å²) in [7, 11) is 3.41. The van der Waals surface area contributed by atoms with E-state index >= 15 is 0 Å². The van der Waals surface area contributed by atoms with Gasteiger partial charge in [0, 0.05) is 14.1 Å². The fraction of sp³-hybridized carbons (Fsp3) is 0.273. The summed E-state index contributed by atoms with van der Waals surface area (Å²) in [4.78, 5) is 12.4. The third kappa shape index (κ3) is 2.48. The smallest absolute Gasteiger partial charge is 0.275 e. The van der Waals surface area contributed by atoms with Gasteiger partial charge >= 0.3 is 0 Å². The summed E-state index contributed by atoms with van der Waals surface area (Å²) >= 11 is 4.92. The summed E-state index contributed by atoms with van der Waals surface area (Å²) in [5, 5.41) is 10.9. The first-order valence-electron chi connectivity index (χ1n) is 5.54. The fourth-order valence-corrected chi connectivity index (χ4v) is 1.91. The molecule has 100 valence electrons. The van der Waals surface area contributed by atoms with E-state index in [4.69, 9.17) is 18.0 Å². The molecular formula is C11H14N6OS. The van der Waals surface area contributed by atoms with Crippen LogP contribution in [0.2, 0.25) is 0 Å². The van der Waals surface area contributed by atoms with E-state index in [0.717, 1.165) is 5.69 Å². The molecule has 0 bridgehead atoms. The van der Waals surface area contributed by atoms with Crippen molar-refractivity contribution in [2.24, 2.45) is 19.8 Å². The highest BCUT2D eigenvalue weighted by Gasteiger charge is 2.17. The molecule has 19 heavy (non-hydrogen) atoms. The molecule has 2 heterocycles. The summed E-state index contributed by atoms with van der Waals surface area (Å²) in [6.45, 7) is 1.82. The van der Waals surface area contributed by atoms with Gasteiger partial charge in [-0.15, -0.1) is 0 Å². The zero-order valence-electron chi connectivity index (χ0n) is 10.8. The lowest BCUT2D eigenvalue weighted by molar-refractivity contribution is 0.101. The number of nitrogens with one attached hydrogen (secondary N) is 1. The molecule has 2 aromatic heterocycles. The summed E-state index contributed by atoms with van der Waals surface area (Å²) < 4.78 is 3.02. The van der Waals surface area contributed by atoms with Gasteiger partial charge in [-0.05, 0) is 13.0 Å². The predicted molar refractivity (Wildman–Crippen MR) is 75.0 cm³/mol. The Kier molecular flexibility index (Phi) is 3.34. The van der Waals surface area contributed by atoms with Gasteiger partial charge in [-0.2, -0.15) is 10.2 Å². The van der Waals surface area contributed by atoms with Crippen LogP contribution in [0.4, 0.5) is 5.82 Å². The van der Waals surface area contributed by atoms with Gasteiger partial charge in [0.25, 0.3) is 5.91 Å². The van der Waals surface area contributed by atoms with E-state index in [2.05, 4.69) is 15.5 Å². The van der Waals surface area contributed by atoms with Crippen molar-refractivity contribution in [2.45, 2.75) is 6.92 Å². The first-order chi connectivity index (χ1) is 8.90. The van der Waals surface area contributed by atoms with Crippen molar-refractivity contribution in [1.29, 1.82) is 0 Å². The maximum atomic E-state index is 12.2. The van der Waals surface area contributed by atoms with Gasteiger partial charge < -0.3 is 11.1 Å². The minimum absolute atomic E-state index is 0.185. The molecule has 2 rings (SSSR count). The molecule has 0 saturated heterocycles.